The van der Waals surface area contributed by atoms with Crippen LogP contribution in [0.15, 0.2) is 18.7 Å². The lowest BCUT2D eigenvalue weighted by Crippen LogP contribution is -1.94. The first-order valence-electron chi connectivity index (χ1n) is 3.22. The van der Waals surface area contributed by atoms with Gasteiger partial charge in [-0.3, -0.25) is 0 Å². The topological polar surface area (TPSA) is 22.2 Å². The Morgan fingerprint density at radius 2 is 2.50 bits per heavy atom. The molecular weight excluding hydrogens is 126 g/mol. The lowest BCUT2D eigenvalue weighted by Gasteiger charge is -1.94. The van der Waals surface area contributed by atoms with E-state index < -0.39 is 0 Å². The maximum absolute atomic E-state index is 6.53. The van der Waals surface area contributed by atoms with Gasteiger partial charge in [0.25, 0.3) is 0 Å². The second-order valence-electron chi connectivity index (χ2n) is 2.04. The largest absolute Gasteiger partial charge is 0.337 e. The summed E-state index contributed by atoms with van der Waals surface area (Å²) in [4.78, 5) is 7.14. The van der Waals surface area contributed by atoms with Crippen LogP contribution in [0, 0.1) is 6.57 Å². The zero-order chi connectivity index (χ0) is 7.23. The number of aromatic nitrogens is 2. The molecule has 1 aromatic rings. The fraction of sp³-hybridized carbons (Fsp3) is 0.429. The van der Waals surface area contributed by atoms with Crippen molar-refractivity contribution in [2.45, 2.75) is 13.0 Å². The molecule has 0 bridgehead atoms. The molecule has 10 heavy (non-hydrogen) atoms. The number of aryl methyl sites for hydroxylation is 1. The molecule has 0 N–H and O–H groups in total. The molecule has 0 aromatic carbocycles. The van der Waals surface area contributed by atoms with Crippen LogP contribution in [0.25, 0.3) is 4.85 Å². The van der Waals surface area contributed by atoms with Crippen molar-refractivity contribution in [2.24, 2.45) is 0 Å². The predicted octanol–water partition coefficient (Wildman–Crippen LogP) is 1.19. The number of imidazole rings is 1. The third-order valence-electron chi connectivity index (χ3n) is 1.25. The summed E-state index contributed by atoms with van der Waals surface area (Å²) in [7, 11) is 0. The second kappa shape index (κ2) is 3.67. The Hall–Kier alpha value is -1.30. The minimum Gasteiger partial charge on any atom is -0.337 e. The highest BCUT2D eigenvalue weighted by atomic mass is 15.0. The molecular formula is C7H9N3. The standard InChI is InChI=1S/C7H9N3/c1-8-3-2-5-10-6-4-9-7-10/h4,6-7H,2-3,5H2. The van der Waals surface area contributed by atoms with Crippen LogP contribution in [0.5, 0.6) is 0 Å². The highest BCUT2D eigenvalue weighted by Crippen LogP contribution is 1.89. The van der Waals surface area contributed by atoms with E-state index in [1.807, 2.05) is 10.8 Å². The summed E-state index contributed by atoms with van der Waals surface area (Å²) in [5.74, 6) is 0. The van der Waals surface area contributed by atoms with Gasteiger partial charge in [-0.05, 0) is 0 Å². The first kappa shape index (κ1) is 6.81. The van der Waals surface area contributed by atoms with Gasteiger partial charge in [-0.15, -0.1) is 0 Å². The third kappa shape index (κ3) is 1.90. The Morgan fingerprint density at radius 1 is 1.60 bits per heavy atom. The number of hydrogen-bond donors (Lipinski definition) is 0. The van der Waals surface area contributed by atoms with E-state index >= 15 is 0 Å². The molecule has 52 valence electrons. The summed E-state index contributed by atoms with van der Waals surface area (Å²) in [6, 6.07) is 0. The van der Waals surface area contributed by atoms with E-state index in [1.165, 1.54) is 0 Å². The van der Waals surface area contributed by atoms with Crippen molar-refractivity contribution in [3.05, 3.63) is 30.1 Å². The highest BCUT2D eigenvalue weighted by molar-refractivity contribution is 4.74. The van der Waals surface area contributed by atoms with E-state index in [2.05, 4.69) is 9.83 Å². The normalized spacial score (nSPS) is 9.10. The zero-order valence-corrected chi connectivity index (χ0v) is 5.70. The lowest BCUT2D eigenvalue weighted by molar-refractivity contribution is 0.669. The van der Waals surface area contributed by atoms with Gasteiger partial charge in [0.05, 0.1) is 6.33 Å². The molecule has 3 nitrogen and oxygen atoms in total. The molecule has 3 heteroatoms. The van der Waals surface area contributed by atoms with Crippen molar-refractivity contribution in [3.63, 3.8) is 0 Å². The van der Waals surface area contributed by atoms with Crippen LogP contribution in [-0.4, -0.2) is 16.1 Å². The SMILES string of the molecule is [C-]#[N+]CCCn1ccnc1. The van der Waals surface area contributed by atoms with Crippen LogP contribution in [0.2, 0.25) is 0 Å². The summed E-state index contributed by atoms with van der Waals surface area (Å²) >= 11 is 0. The molecule has 1 aromatic heterocycles. The fourth-order valence-corrected chi connectivity index (χ4v) is 0.751. The van der Waals surface area contributed by atoms with Crippen molar-refractivity contribution in [2.75, 3.05) is 6.54 Å². The molecule has 0 unspecified atom stereocenters. The summed E-state index contributed by atoms with van der Waals surface area (Å²) in [6.07, 6.45) is 6.34. The van der Waals surface area contributed by atoms with Crippen molar-refractivity contribution in [1.29, 1.82) is 0 Å². The molecule has 0 fully saturated rings. The molecule has 0 saturated carbocycles. The number of nitrogens with zero attached hydrogens (tertiary/aromatic N) is 3. The van der Waals surface area contributed by atoms with Gasteiger partial charge in [0, 0.05) is 25.4 Å². The maximum atomic E-state index is 6.53. The van der Waals surface area contributed by atoms with Gasteiger partial charge < -0.3 is 9.41 Å². The minimum absolute atomic E-state index is 0.609. The monoisotopic (exact) mass is 135 g/mol. The first-order chi connectivity index (χ1) is 4.93. The molecule has 0 spiro atoms. The van der Waals surface area contributed by atoms with Gasteiger partial charge in [0.15, 0.2) is 0 Å². The van der Waals surface area contributed by atoms with Crippen molar-refractivity contribution < 1.29 is 0 Å². The van der Waals surface area contributed by atoms with Crippen LogP contribution in [0.4, 0.5) is 0 Å². The van der Waals surface area contributed by atoms with E-state index in [0.29, 0.717) is 6.54 Å². The molecule has 1 heterocycles. The summed E-state index contributed by atoms with van der Waals surface area (Å²) in [5, 5.41) is 0. The Labute approximate surface area is 60.1 Å². The van der Waals surface area contributed by atoms with Crippen molar-refractivity contribution in [3.8, 4) is 0 Å². The van der Waals surface area contributed by atoms with Crippen LogP contribution in [0.1, 0.15) is 6.42 Å². The van der Waals surface area contributed by atoms with Gasteiger partial charge in [-0.25, -0.2) is 11.6 Å². The third-order valence-corrected chi connectivity index (χ3v) is 1.25. The summed E-state index contributed by atoms with van der Waals surface area (Å²) < 4.78 is 1.98. The molecule has 0 aliphatic carbocycles. The molecule has 0 atom stereocenters. The minimum atomic E-state index is 0.609. The van der Waals surface area contributed by atoms with E-state index in [1.54, 1.807) is 12.5 Å². The quantitative estimate of drug-likeness (QED) is 0.451. The molecule has 0 aliphatic rings. The predicted molar refractivity (Wildman–Crippen MR) is 38.3 cm³/mol. The van der Waals surface area contributed by atoms with Crippen molar-refractivity contribution >= 4 is 0 Å². The van der Waals surface area contributed by atoms with Gasteiger partial charge in [0.2, 0.25) is 6.54 Å². The van der Waals surface area contributed by atoms with E-state index in [-0.39, 0.29) is 0 Å². The molecule has 1 rings (SSSR count). The van der Waals surface area contributed by atoms with Crippen LogP contribution in [0.3, 0.4) is 0 Å². The van der Waals surface area contributed by atoms with Crippen molar-refractivity contribution in [1.82, 2.24) is 9.55 Å². The summed E-state index contributed by atoms with van der Waals surface area (Å²) in [5.41, 5.74) is 0. The second-order valence-corrected chi connectivity index (χ2v) is 2.04. The smallest absolute Gasteiger partial charge is 0.216 e. The maximum Gasteiger partial charge on any atom is 0.216 e. The molecule has 0 radical (unpaired) electrons. The average Bonchev–Trinajstić information content (AvgIpc) is 2.41. The molecule has 0 aliphatic heterocycles. The van der Waals surface area contributed by atoms with Gasteiger partial charge in [-0.2, -0.15) is 0 Å². The van der Waals surface area contributed by atoms with E-state index in [9.17, 15) is 0 Å². The van der Waals surface area contributed by atoms with Gasteiger partial charge >= 0.3 is 0 Å². The fourth-order valence-electron chi connectivity index (χ4n) is 0.751. The Morgan fingerprint density at radius 3 is 3.10 bits per heavy atom. The molecule has 0 saturated heterocycles. The van der Waals surface area contributed by atoms with Gasteiger partial charge in [-0.1, -0.05) is 0 Å². The Balaban J connectivity index is 2.23. The van der Waals surface area contributed by atoms with Crippen LogP contribution < -0.4 is 0 Å². The Kier molecular flexibility index (Phi) is 2.50. The average molecular weight is 135 g/mol. The van der Waals surface area contributed by atoms with Crippen LogP contribution >= 0.6 is 0 Å². The highest BCUT2D eigenvalue weighted by Gasteiger charge is 1.89. The zero-order valence-electron chi connectivity index (χ0n) is 5.70. The van der Waals surface area contributed by atoms with Gasteiger partial charge in [0.1, 0.15) is 0 Å². The molecule has 0 amide bonds. The lowest BCUT2D eigenvalue weighted by atomic mass is 10.4. The Bertz CT molecular complexity index is 207. The van der Waals surface area contributed by atoms with E-state index in [0.717, 1.165) is 13.0 Å². The number of rotatable bonds is 3. The van der Waals surface area contributed by atoms with E-state index in [4.69, 9.17) is 6.57 Å². The first-order valence-corrected chi connectivity index (χ1v) is 3.22. The number of hydrogen-bond acceptors (Lipinski definition) is 1. The van der Waals surface area contributed by atoms with Crippen LogP contribution in [-0.2, 0) is 6.54 Å². The summed E-state index contributed by atoms with van der Waals surface area (Å²) in [6.45, 7) is 8.05.